The second-order valence-corrected chi connectivity index (χ2v) is 5.06. The molecule has 1 atom stereocenters. The van der Waals surface area contributed by atoms with E-state index in [-0.39, 0.29) is 11.6 Å². The number of ether oxygens (including phenoxy) is 1. The first kappa shape index (κ1) is 14.0. The summed E-state index contributed by atoms with van der Waals surface area (Å²) in [5.41, 5.74) is 12.4. The van der Waals surface area contributed by atoms with Crippen LogP contribution in [0.5, 0.6) is 0 Å². The third-order valence-corrected chi connectivity index (χ3v) is 3.54. The SMILES string of the molecule is NC(=O)C1COCCN1c1ccc(C(N)=S)c(Cl)c1. The van der Waals surface area contributed by atoms with Gasteiger partial charge in [-0.3, -0.25) is 4.79 Å². The Bertz CT molecular complexity index is 524. The molecule has 19 heavy (non-hydrogen) atoms. The Labute approximate surface area is 121 Å². The normalized spacial score (nSPS) is 19.2. The maximum absolute atomic E-state index is 11.4. The third-order valence-electron chi connectivity index (χ3n) is 3.01. The molecule has 0 radical (unpaired) electrons. The molecule has 1 aromatic carbocycles. The summed E-state index contributed by atoms with van der Waals surface area (Å²) in [6.07, 6.45) is 0. The zero-order valence-electron chi connectivity index (χ0n) is 10.1. The van der Waals surface area contributed by atoms with Crippen LogP contribution in [0.2, 0.25) is 5.02 Å². The summed E-state index contributed by atoms with van der Waals surface area (Å²) in [6, 6.07) is 4.81. The van der Waals surface area contributed by atoms with E-state index in [4.69, 9.17) is 40.0 Å². The van der Waals surface area contributed by atoms with Crippen LogP contribution in [0.15, 0.2) is 18.2 Å². The molecule has 1 heterocycles. The number of primary amides is 1. The molecule has 1 aliphatic heterocycles. The van der Waals surface area contributed by atoms with Gasteiger partial charge in [0.15, 0.2) is 0 Å². The van der Waals surface area contributed by atoms with E-state index < -0.39 is 11.9 Å². The number of hydrogen-bond donors (Lipinski definition) is 2. The fraction of sp³-hybridized carbons (Fsp3) is 0.333. The second-order valence-electron chi connectivity index (χ2n) is 4.21. The first-order valence-electron chi connectivity index (χ1n) is 5.73. The number of amides is 1. The van der Waals surface area contributed by atoms with Gasteiger partial charge in [-0.2, -0.15) is 0 Å². The molecule has 102 valence electrons. The van der Waals surface area contributed by atoms with Crippen LogP contribution in [-0.2, 0) is 9.53 Å². The lowest BCUT2D eigenvalue weighted by Gasteiger charge is -2.35. The summed E-state index contributed by atoms with van der Waals surface area (Å²) in [4.78, 5) is 13.5. The molecule has 1 aliphatic rings. The molecule has 1 amide bonds. The van der Waals surface area contributed by atoms with Gasteiger partial charge in [-0.1, -0.05) is 23.8 Å². The first-order chi connectivity index (χ1) is 9.00. The van der Waals surface area contributed by atoms with E-state index in [1.54, 1.807) is 12.1 Å². The van der Waals surface area contributed by atoms with Crippen molar-refractivity contribution < 1.29 is 9.53 Å². The minimum Gasteiger partial charge on any atom is -0.389 e. The fourth-order valence-electron chi connectivity index (χ4n) is 2.03. The van der Waals surface area contributed by atoms with Gasteiger partial charge in [-0.25, -0.2) is 0 Å². The Morgan fingerprint density at radius 2 is 2.21 bits per heavy atom. The van der Waals surface area contributed by atoms with Gasteiger partial charge < -0.3 is 21.1 Å². The van der Waals surface area contributed by atoms with E-state index in [0.29, 0.717) is 23.7 Å². The van der Waals surface area contributed by atoms with Gasteiger partial charge >= 0.3 is 0 Å². The predicted molar refractivity (Wildman–Crippen MR) is 78.5 cm³/mol. The average molecular weight is 300 g/mol. The lowest BCUT2D eigenvalue weighted by molar-refractivity contribution is -0.121. The number of hydrogen-bond acceptors (Lipinski definition) is 4. The molecule has 4 N–H and O–H groups in total. The number of anilines is 1. The van der Waals surface area contributed by atoms with Crippen molar-refractivity contribution in [2.45, 2.75) is 6.04 Å². The van der Waals surface area contributed by atoms with E-state index in [1.807, 2.05) is 11.0 Å². The summed E-state index contributed by atoms with van der Waals surface area (Å²) in [6.45, 7) is 1.40. The van der Waals surface area contributed by atoms with Crippen LogP contribution in [0.4, 0.5) is 5.69 Å². The van der Waals surface area contributed by atoms with Crippen LogP contribution in [0.25, 0.3) is 0 Å². The molecule has 7 heteroatoms. The van der Waals surface area contributed by atoms with E-state index in [9.17, 15) is 4.79 Å². The second kappa shape index (κ2) is 5.73. The van der Waals surface area contributed by atoms with Crippen molar-refractivity contribution in [3.05, 3.63) is 28.8 Å². The topological polar surface area (TPSA) is 81.6 Å². The van der Waals surface area contributed by atoms with Crippen molar-refractivity contribution in [3.8, 4) is 0 Å². The highest BCUT2D eigenvalue weighted by Gasteiger charge is 2.28. The van der Waals surface area contributed by atoms with Crippen LogP contribution in [0.1, 0.15) is 5.56 Å². The largest absolute Gasteiger partial charge is 0.389 e. The summed E-state index contributed by atoms with van der Waals surface area (Å²) < 4.78 is 5.27. The van der Waals surface area contributed by atoms with Gasteiger partial charge in [0.25, 0.3) is 0 Å². The van der Waals surface area contributed by atoms with Gasteiger partial charge in [0.1, 0.15) is 11.0 Å². The fourth-order valence-corrected chi connectivity index (χ4v) is 2.54. The van der Waals surface area contributed by atoms with Gasteiger partial charge in [0.2, 0.25) is 5.91 Å². The van der Waals surface area contributed by atoms with Crippen LogP contribution in [0, 0.1) is 0 Å². The van der Waals surface area contributed by atoms with Gasteiger partial charge in [0.05, 0.1) is 18.2 Å². The third kappa shape index (κ3) is 2.97. The van der Waals surface area contributed by atoms with Gasteiger partial charge in [-0.05, 0) is 18.2 Å². The van der Waals surface area contributed by atoms with E-state index >= 15 is 0 Å². The predicted octanol–water partition coefficient (Wildman–Crippen LogP) is 0.665. The lowest BCUT2D eigenvalue weighted by Crippen LogP contribution is -2.52. The summed E-state index contributed by atoms with van der Waals surface area (Å²) >= 11 is 11.0. The van der Waals surface area contributed by atoms with E-state index in [1.165, 1.54) is 0 Å². The minimum atomic E-state index is -0.486. The molecule has 1 saturated heterocycles. The van der Waals surface area contributed by atoms with Crippen molar-refractivity contribution in [1.82, 2.24) is 0 Å². The Morgan fingerprint density at radius 3 is 2.79 bits per heavy atom. The summed E-state index contributed by atoms with van der Waals surface area (Å²) in [7, 11) is 0. The Hall–Kier alpha value is -1.37. The number of rotatable bonds is 3. The smallest absolute Gasteiger partial charge is 0.242 e. The number of carbonyl (C=O) groups excluding carboxylic acids is 1. The lowest BCUT2D eigenvalue weighted by atomic mass is 10.1. The number of morpholine rings is 1. The molecule has 1 unspecified atom stereocenters. The number of nitrogens with zero attached hydrogens (tertiary/aromatic N) is 1. The molecule has 0 aromatic heterocycles. The van der Waals surface area contributed by atoms with E-state index in [0.717, 1.165) is 5.69 Å². The number of thiocarbonyl (C=S) groups is 1. The van der Waals surface area contributed by atoms with Crippen molar-refractivity contribution in [2.24, 2.45) is 11.5 Å². The summed E-state index contributed by atoms with van der Waals surface area (Å²) in [5.74, 6) is -0.422. The Balaban J connectivity index is 2.32. The Morgan fingerprint density at radius 1 is 1.47 bits per heavy atom. The van der Waals surface area contributed by atoms with Crippen molar-refractivity contribution >= 4 is 40.4 Å². The molecular formula is C12H14ClN3O2S. The molecule has 1 aromatic rings. The zero-order chi connectivity index (χ0) is 14.0. The molecule has 5 nitrogen and oxygen atoms in total. The quantitative estimate of drug-likeness (QED) is 0.802. The number of benzene rings is 1. The van der Waals surface area contributed by atoms with Crippen LogP contribution in [-0.4, -0.2) is 36.7 Å². The van der Waals surface area contributed by atoms with Crippen LogP contribution >= 0.6 is 23.8 Å². The highest BCUT2D eigenvalue weighted by atomic mass is 35.5. The first-order valence-corrected chi connectivity index (χ1v) is 6.52. The molecule has 0 bridgehead atoms. The number of nitrogens with two attached hydrogens (primary N) is 2. The molecule has 2 rings (SSSR count). The average Bonchev–Trinajstić information content (AvgIpc) is 2.38. The Kier molecular flexibility index (Phi) is 4.24. The monoisotopic (exact) mass is 299 g/mol. The summed E-state index contributed by atoms with van der Waals surface area (Å²) in [5, 5.41) is 0.458. The zero-order valence-corrected chi connectivity index (χ0v) is 11.7. The maximum Gasteiger partial charge on any atom is 0.242 e. The molecule has 0 aliphatic carbocycles. The minimum absolute atomic E-state index is 0.241. The van der Waals surface area contributed by atoms with Crippen LogP contribution in [0.3, 0.4) is 0 Å². The van der Waals surface area contributed by atoms with Gasteiger partial charge in [0, 0.05) is 17.8 Å². The van der Waals surface area contributed by atoms with Crippen molar-refractivity contribution in [2.75, 3.05) is 24.7 Å². The highest BCUT2D eigenvalue weighted by Crippen LogP contribution is 2.26. The number of carbonyl (C=O) groups is 1. The van der Waals surface area contributed by atoms with Crippen molar-refractivity contribution in [1.29, 1.82) is 0 Å². The highest BCUT2D eigenvalue weighted by molar-refractivity contribution is 7.80. The number of halogens is 1. The standard InChI is InChI=1S/C12H14ClN3O2S/c13-9-5-7(1-2-8(9)12(15)19)16-3-4-18-6-10(16)11(14)17/h1-2,5,10H,3-4,6H2,(H2,14,17)(H2,15,19). The molecule has 1 fully saturated rings. The van der Waals surface area contributed by atoms with Crippen molar-refractivity contribution in [3.63, 3.8) is 0 Å². The van der Waals surface area contributed by atoms with Gasteiger partial charge in [-0.15, -0.1) is 0 Å². The van der Waals surface area contributed by atoms with Crippen LogP contribution < -0.4 is 16.4 Å². The maximum atomic E-state index is 11.4. The molecule has 0 saturated carbocycles. The van der Waals surface area contributed by atoms with E-state index in [2.05, 4.69) is 0 Å². The molecule has 0 spiro atoms. The molecular weight excluding hydrogens is 286 g/mol.